The van der Waals surface area contributed by atoms with Gasteiger partial charge in [-0.3, -0.25) is 0 Å². The van der Waals surface area contributed by atoms with Gasteiger partial charge < -0.3 is 59.4 Å². The summed E-state index contributed by atoms with van der Waals surface area (Å²) in [5, 5.41) is 116. The van der Waals surface area contributed by atoms with Crippen LogP contribution < -0.4 is 58.0 Å². The molecule has 0 saturated heterocycles. The molecular formula is C90H78N18O12. The van der Waals surface area contributed by atoms with Crippen molar-refractivity contribution in [3.63, 3.8) is 0 Å². The maximum atomic E-state index is 10.5. The third-order valence-corrected chi connectivity index (χ3v) is 17.6. The largest absolute Gasteiger partial charge is 0.545 e. The number of carboxylic acids is 6. The fraction of sp³-hybridized carbons (Fsp3) is 0.133. The first-order valence-electron chi connectivity index (χ1n) is 36.6. The Morgan fingerprint density at radius 2 is 0.400 bits per heavy atom. The number of aromatic carboxylic acids is 6. The Morgan fingerprint density at radius 1 is 0.242 bits per heavy atom. The highest BCUT2D eigenvalue weighted by molar-refractivity contribution is 6.03. The lowest BCUT2D eigenvalue weighted by Gasteiger charge is -2.13. The number of aromatic nitrogens is 12. The van der Waals surface area contributed by atoms with Crippen molar-refractivity contribution in [2.75, 3.05) is 0 Å². The van der Waals surface area contributed by atoms with E-state index in [1.54, 1.807) is 0 Å². The van der Waals surface area contributed by atoms with E-state index in [1.165, 1.54) is 0 Å². The summed E-state index contributed by atoms with van der Waals surface area (Å²) in [5.41, 5.74) is 2.85. The number of H-pyrrole nitrogens is 6. The van der Waals surface area contributed by atoms with Gasteiger partial charge in [-0.15, -0.1) is 0 Å². The minimum Gasteiger partial charge on any atom is -0.545 e. The normalized spacial score (nSPS) is 11.4. The molecule has 0 fully saturated rings. The SMILES string of the molecule is CC(C#N)[n+]1cc[nH]c1-c1ccccc1.CC(C#N)[n+]1cc[nH]c1-c1ccccc1.CC(C#N)[n+]1cc[nH]c1-c1ccccc1.CC(C#N)[n+]1cc[nH]c1-c1ccccc1.CC(C#N)[n+]1cc[nH]c1-c1ccccc1.CC(C#N)[n+]1cc[nH]c1-c1ccccc1.O=C([O-])c1ccc(C(=O)[O-])c(C(=O)[O-])c1.O=C([O-])c1ccc(C(=O)[O-])c(C(=O)[O-])c1. The fourth-order valence-electron chi connectivity index (χ4n) is 11.4. The van der Waals surface area contributed by atoms with Crippen molar-refractivity contribution in [1.82, 2.24) is 29.9 Å². The van der Waals surface area contributed by atoms with Gasteiger partial charge in [0.25, 0.3) is 34.9 Å². The standard InChI is InChI=1S/6C12H11N3.2C9H6O6/c6*1-10(9-13)15-8-7-14-12(15)11-5-3-2-4-6-11;2*10-7(11)4-1-2-5(8(12)13)6(3-4)9(14)15/h6*2-8,10H,1H3;2*1-3H,(H,10,11)(H,12,13)(H,14,15). The molecule has 14 aromatic rings. The summed E-state index contributed by atoms with van der Waals surface area (Å²) < 4.78 is 11.6. The molecule has 6 aromatic heterocycles. The molecule has 0 bridgehead atoms. The number of carbonyl (C=O) groups excluding carboxylic acids is 6. The Kier molecular flexibility index (Phi) is 34.1. The van der Waals surface area contributed by atoms with Crippen LogP contribution in [0, 0.1) is 68.0 Å². The van der Waals surface area contributed by atoms with Crippen LogP contribution >= 0.6 is 0 Å². The molecule has 0 aliphatic carbocycles. The zero-order valence-electron chi connectivity index (χ0n) is 65.4. The highest BCUT2D eigenvalue weighted by Crippen LogP contribution is 2.20. The molecule has 6 heterocycles. The summed E-state index contributed by atoms with van der Waals surface area (Å²) in [5.74, 6) is -4.48. The molecule has 0 aliphatic heterocycles. The van der Waals surface area contributed by atoms with Crippen LogP contribution in [0.5, 0.6) is 0 Å². The van der Waals surface area contributed by atoms with E-state index >= 15 is 0 Å². The highest BCUT2D eigenvalue weighted by Gasteiger charge is 2.24. The fourth-order valence-corrected chi connectivity index (χ4v) is 11.4. The van der Waals surface area contributed by atoms with Crippen molar-refractivity contribution >= 4 is 35.8 Å². The van der Waals surface area contributed by atoms with Crippen LogP contribution in [0.2, 0.25) is 0 Å². The molecule has 0 radical (unpaired) electrons. The van der Waals surface area contributed by atoms with Crippen molar-refractivity contribution < 1.29 is 86.8 Å². The van der Waals surface area contributed by atoms with E-state index in [-0.39, 0.29) is 36.3 Å². The number of rotatable bonds is 18. The number of benzene rings is 8. The smallest absolute Gasteiger partial charge is 0.287 e. The second kappa shape index (κ2) is 45.5. The van der Waals surface area contributed by atoms with Crippen LogP contribution in [0.25, 0.3) is 68.3 Å². The second-order valence-corrected chi connectivity index (χ2v) is 25.6. The summed E-state index contributed by atoms with van der Waals surface area (Å²) in [6.07, 6.45) is 22.4. The molecule has 0 saturated carbocycles. The molecule has 8 aromatic carbocycles. The Labute approximate surface area is 689 Å². The number of nitrogens with one attached hydrogen (secondary N) is 6. The molecule has 6 N–H and O–H groups in total. The first kappa shape index (κ1) is 90.0. The van der Waals surface area contributed by atoms with Gasteiger partial charge >= 0.3 is 0 Å². The quantitative estimate of drug-likeness (QED) is 0.0546. The van der Waals surface area contributed by atoms with Crippen LogP contribution in [0.3, 0.4) is 0 Å². The molecule has 6 atom stereocenters. The number of aromatic amines is 6. The Hall–Kier alpha value is -17.2. The van der Waals surface area contributed by atoms with Crippen LogP contribution in [-0.2, 0) is 0 Å². The van der Waals surface area contributed by atoms with E-state index < -0.39 is 69.2 Å². The Balaban J connectivity index is 0.000000189. The predicted octanol–water partition coefficient (Wildman–Crippen LogP) is 5.88. The predicted molar refractivity (Wildman–Crippen MR) is 419 cm³/mol. The van der Waals surface area contributed by atoms with E-state index in [0.29, 0.717) is 12.1 Å². The second-order valence-electron chi connectivity index (χ2n) is 25.6. The van der Waals surface area contributed by atoms with Crippen molar-refractivity contribution in [3.8, 4) is 105 Å². The average Bonchev–Trinajstić information content (AvgIpc) is 1.82. The van der Waals surface area contributed by atoms with Gasteiger partial charge in [-0.1, -0.05) is 133 Å². The molecule has 6 unspecified atom stereocenters. The molecule has 0 aliphatic rings. The van der Waals surface area contributed by atoms with Gasteiger partial charge in [-0.2, -0.15) is 31.6 Å². The zero-order valence-corrected chi connectivity index (χ0v) is 65.4. The minimum atomic E-state index is -1.79. The van der Waals surface area contributed by atoms with Crippen LogP contribution in [0.4, 0.5) is 0 Å². The van der Waals surface area contributed by atoms with Crippen molar-refractivity contribution in [1.29, 1.82) is 31.6 Å². The number of hydrogen-bond donors (Lipinski definition) is 6. The van der Waals surface area contributed by atoms with E-state index in [0.717, 1.165) is 92.6 Å². The maximum Gasteiger partial charge on any atom is 0.287 e. The molecule has 600 valence electrons. The lowest BCUT2D eigenvalue weighted by Crippen LogP contribution is -2.37. The van der Waals surface area contributed by atoms with Crippen LogP contribution in [0.15, 0.2) is 293 Å². The molecule has 14 rings (SSSR count). The van der Waals surface area contributed by atoms with Crippen molar-refractivity contribution in [2.24, 2.45) is 0 Å². The van der Waals surface area contributed by atoms with Gasteiger partial charge in [0.15, 0.2) is 36.3 Å². The lowest BCUT2D eigenvalue weighted by atomic mass is 10.0. The van der Waals surface area contributed by atoms with E-state index in [4.69, 9.17) is 31.6 Å². The van der Waals surface area contributed by atoms with E-state index in [1.807, 2.05) is 325 Å². The summed E-state index contributed by atoms with van der Waals surface area (Å²) in [6, 6.07) is 77.0. The van der Waals surface area contributed by atoms with Gasteiger partial charge in [-0.25, -0.2) is 57.3 Å². The Morgan fingerprint density at radius 3 is 0.533 bits per heavy atom. The average molecular weight is 1600 g/mol. The van der Waals surface area contributed by atoms with Gasteiger partial charge in [0.05, 0.1) is 69.2 Å². The summed E-state index contributed by atoms with van der Waals surface area (Å²) in [7, 11) is 0. The third kappa shape index (κ3) is 24.9. The minimum absolute atomic E-state index is 0.161. The van der Waals surface area contributed by atoms with E-state index in [9.17, 15) is 59.4 Å². The first-order chi connectivity index (χ1) is 57.8. The molecule has 30 nitrogen and oxygen atoms in total. The summed E-state index contributed by atoms with van der Waals surface area (Å²) >= 11 is 0. The van der Waals surface area contributed by atoms with Gasteiger partial charge in [0.1, 0.15) is 111 Å². The van der Waals surface area contributed by atoms with Gasteiger partial charge in [0.2, 0.25) is 0 Å². The van der Waals surface area contributed by atoms with Gasteiger partial charge in [0, 0.05) is 22.3 Å². The van der Waals surface area contributed by atoms with Crippen LogP contribution in [-0.4, -0.2) is 65.7 Å². The van der Waals surface area contributed by atoms with Crippen molar-refractivity contribution in [2.45, 2.75) is 77.8 Å². The monoisotopic (exact) mass is 1600 g/mol. The van der Waals surface area contributed by atoms with Crippen LogP contribution in [0.1, 0.15) is 140 Å². The number of nitrogens with zero attached hydrogens (tertiary/aromatic N) is 12. The lowest BCUT2D eigenvalue weighted by molar-refractivity contribution is -0.695. The number of imidazole rings is 6. The highest BCUT2D eigenvalue weighted by atomic mass is 16.4. The molecule has 0 amide bonds. The maximum absolute atomic E-state index is 10.5. The summed E-state index contributed by atoms with van der Waals surface area (Å²) in [4.78, 5) is 81.5. The van der Waals surface area contributed by atoms with E-state index in [2.05, 4.69) is 66.3 Å². The molecular weight excluding hydrogens is 1530 g/mol. The first-order valence-corrected chi connectivity index (χ1v) is 36.6. The number of hydrogen-bond acceptors (Lipinski definition) is 18. The topological polar surface area (TPSA) is 502 Å². The summed E-state index contributed by atoms with van der Waals surface area (Å²) in [6.45, 7) is 11.3. The number of carbonyl (C=O) groups is 6. The number of nitriles is 6. The molecule has 0 spiro atoms. The Bertz CT molecular complexity index is 5190. The molecule has 120 heavy (non-hydrogen) atoms. The van der Waals surface area contributed by atoms with Gasteiger partial charge in [-0.05, 0) is 138 Å². The zero-order chi connectivity index (χ0) is 87.2. The number of carboxylic acid groups (broad SMARTS) is 6. The molecule has 30 heteroatoms. The third-order valence-electron chi connectivity index (χ3n) is 17.6. The van der Waals surface area contributed by atoms with Crippen molar-refractivity contribution in [3.05, 3.63) is 326 Å².